The highest BCUT2D eigenvalue weighted by Gasteiger charge is 2.05. The number of hydrogen-bond acceptors (Lipinski definition) is 2. The van der Waals surface area contributed by atoms with Gasteiger partial charge in [0.25, 0.3) is 5.91 Å². The predicted octanol–water partition coefficient (Wildman–Crippen LogP) is 3.86. The fourth-order valence-corrected chi connectivity index (χ4v) is 1.58. The molecule has 0 radical (unpaired) electrons. The van der Waals surface area contributed by atoms with E-state index < -0.39 is 0 Å². The molecule has 2 rings (SSSR count). The van der Waals surface area contributed by atoms with Gasteiger partial charge in [-0.3, -0.25) is 4.79 Å². The third-order valence-electron chi connectivity index (χ3n) is 2.60. The van der Waals surface area contributed by atoms with Gasteiger partial charge in [0.15, 0.2) is 0 Å². The lowest BCUT2D eigenvalue weighted by Crippen LogP contribution is -2.11. The van der Waals surface area contributed by atoms with E-state index in [0.29, 0.717) is 16.9 Å². The van der Waals surface area contributed by atoms with E-state index in [0.717, 1.165) is 5.56 Å². The van der Waals surface area contributed by atoms with Crippen LogP contribution in [0, 0.1) is 12.3 Å². The minimum absolute atomic E-state index is 0.231. The summed E-state index contributed by atoms with van der Waals surface area (Å²) in [6, 6.07) is 13.3. The first-order valence-electron chi connectivity index (χ1n) is 5.76. The van der Waals surface area contributed by atoms with Crippen LogP contribution in [0.25, 0.3) is 10.4 Å². The number of hydrogen-bond donors (Lipinski definition) is 1. The third-order valence-corrected chi connectivity index (χ3v) is 2.60. The molecule has 0 saturated heterocycles. The van der Waals surface area contributed by atoms with Crippen molar-refractivity contribution in [3.63, 3.8) is 0 Å². The number of amides is 1. The Labute approximate surface area is 115 Å². The molecule has 0 bridgehead atoms. The fourth-order valence-electron chi connectivity index (χ4n) is 1.58. The Morgan fingerprint density at radius 1 is 1.15 bits per heavy atom. The van der Waals surface area contributed by atoms with Gasteiger partial charge in [-0.25, -0.2) is 0 Å². The summed E-state index contributed by atoms with van der Waals surface area (Å²) >= 11 is 0. The number of nitrogens with one attached hydrogen (secondary N) is 1. The lowest BCUT2D eigenvalue weighted by molar-refractivity contribution is 0.102. The highest BCUT2D eigenvalue weighted by Crippen LogP contribution is 2.17. The molecule has 0 aromatic heterocycles. The molecule has 2 aromatic rings. The van der Waals surface area contributed by atoms with Crippen LogP contribution in [0.1, 0.15) is 15.9 Å². The van der Waals surface area contributed by atoms with Crippen LogP contribution in [0.2, 0.25) is 0 Å². The van der Waals surface area contributed by atoms with E-state index in [1.54, 1.807) is 48.5 Å². The molecule has 0 spiro atoms. The number of nitrogens with zero attached hydrogens (tertiary/aromatic N) is 3. The van der Waals surface area contributed by atoms with Gasteiger partial charge in [-0.1, -0.05) is 23.2 Å². The zero-order chi connectivity index (χ0) is 14.4. The van der Waals surface area contributed by atoms with Crippen LogP contribution in [0.4, 0.5) is 11.4 Å². The van der Waals surface area contributed by atoms with E-state index >= 15 is 0 Å². The second-order valence-electron chi connectivity index (χ2n) is 3.91. The summed E-state index contributed by atoms with van der Waals surface area (Å²) in [6.07, 6.45) is 5.25. The van der Waals surface area contributed by atoms with E-state index in [4.69, 9.17) is 12.0 Å². The maximum absolute atomic E-state index is 12.0. The molecule has 5 heteroatoms. The van der Waals surface area contributed by atoms with Gasteiger partial charge in [0.2, 0.25) is 0 Å². The van der Waals surface area contributed by atoms with Gasteiger partial charge in [0.05, 0.1) is 0 Å². The Hall–Kier alpha value is -3.22. The number of azide groups is 1. The summed E-state index contributed by atoms with van der Waals surface area (Å²) in [4.78, 5) is 14.7. The van der Waals surface area contributed by atoms with Crippen molar-refractivity contribution in [2.45, 2.75) is 0 Å². The van der Waals surface area contributed by atoms with Crippen molar-refractivity contribution in [3.05, 3.63) is 70.1 Å². The van der Waals surface area contributed by atoms with Gasteiger partial charge in [-0.05, 0) is 41.9 Å². The number of anilines is 1. The van der Waals surface area contributed by atoms with Crippen LogP contribution < -0.4 is 5.32 Å². The Kier molecular flexibility index (Phi) is 4.03. The second-order valence-corrected chi connectivity index (χ2v) is 3.91. The maximum atomic E-state index is 12.0. The minimum atomic E-state index is -0.231. The monoisotopic (exact) mass is 262 g/mol. The van der Waals surface area contributed by atoms with Crippen LogP contribution in [-0.4, -0.2) is 5.91 Å². The van der Waals surface area contributed by atoms with Crippen molar-refractivity contribution in [2.75, 3.05) is 5.32 Å². The van der Waals surface area contributed by atoms with E-state index in [1.165, 1.54) is 0 Å². The molecular weight excluding hydrogens is 252 g/mol. The lowest BCUT2D eigenvalue weighted by atomic mass is 10.1. The first kappa shape index (κ1) is 13.2. The van der Waals surface area contributed by atoms with Crippen molar-refractivity contribution < 1.29 is 4.79 Å². The molecule has 5 nitrogen and oxygen atoms in total. The molecule has 1 amide bonds. The van der Waals surface area contributed by atoms with Crippen LogP contribution >= 0.6 is 0 Å². The van der Waals surface area contributed by atoms with Gasteiger partial charge in [0.1, 0.15) is 0 Å². The van der Waals surface area contributed by atoms with Crippen LogP contribution in [0.5, 0.6) is 0 Å². The first-order valence-corrected chi connectivity index (χ1v) is 5.76. The summed E-state index contributed by atoms with van der Waals surface area (Å²) < 4.78 is 0. The highest BCUT2D eigenvalue weighted by molar-refractivity contribution is 6.04. The van der Waals surface area contributed by atoms with Crippen LogP contribution in [-0.2, 0) is 0 Å². The van der Waals surface area contributed by atoms with Crippen molar-refractivity contribution in [2.24, 2.45) is 5.11 Å². The zero-order valence-corrected chi connectivity index (χ0v) is 10.4. The maximum Gasteiger partial charge on any atom is 0.255 e. The van der Waals surface area contributed by atoms with Crippen molar-refractivity contribution in [1.29, 1.82) is 0 Å². The van der Waals surface area contributed by atoms with Gasteiger partial charge in [-0.2, -0.15) is 0 Å². The van der Waals surface area contributed by atoms with Crippen molar-refractivity contribution in [3.8, 4) is 12.3 Å². The first-order chi connectivity index (χ1) is 9.72. The van der Waals surface area contributed by atoms with Crippen LogP contribution in [0.3, 0.4) is 0 Å². The number of carbonyl (C=O) groups excluding carboxylic acids is 1. The highest BCUT2D eigenvalue weighted by atomic mass is 16.1. The Morgan fingerprint density at radius 2 is 1.80 bits per heavy atom. The summed E-state index contributed by atoms with van der Waals surface area (Å²) in [6.45, 7) is 0. The lowest BCUT2D eigenvalue weighted by Gasteiger charge is -2.05. The molecule has 0 atom stereocenters. The summed E-state index contributed by atoms with van der Waals surface area (Å²) in [5.41, 5.74) is 10.6. The molecule has 0 aliphatic carbocycles. The average Bonchev–Trinajstić information content (AvgIpc) is 2.49. The molecule has 2 aromatic carbocycles. The molecule has 0 aliphatic heterocycles. The van der Waals surface area contributed by atoms with Crippen LogP contribution in [0.15, 0.2) is 53.6 Å². The van der Waals surface area contributed by atoms with Gasteiger partial charge < -0.3 is 5.32 Å². The quantitative estimate of drug-likeness (QED) is 0.387. The standard InChI is InChI=1S/C15H10N4O/c1-2-11-3-5-12(6-4-11)15(20)17-13-7-9-14(10-8-13)18-19-16/h1,3-10H,(H,17,20). The Morgan fingerprint density at radius 3 is 2.35 bits per heavy atom. The largest absolute Gasteiger partial charge is 0.322 e. The molecule has 0 fully saturated rings. The smallest absolute Gasteiger partial charge is 0.255 e. The Bertz CT molecular complexity index is 705. The average molecular weight is 262 g/mol. The zero-order valence-electron chi connectivity index (χ0n) is 10.4. The molecule has 96 valence electrons. The summed E-state index contributed by atoms with van der Waals surface area (Å²) in [5, 5.41) is 6.19. The number of benzene rings is 2. The second kappa shape index (κ2) is 6.10. The minimum Gasteiger partial charge on any atom is -0.322 e. The number of terminal acetylenes is 1. The SMILES string of the molecule is C#Cc1ccc(C(=O)Nc2ccc(N=[N+]=[N-])cc2)cc1. The predicted molar refractivity (Wildman–Crippen MR) is 77.6 cm³/mol. The fraction of sp³-hybridized carbons (Fsp3) is 0. The molecule has 20 heavy (non-hydrogen) atoms. The molecule has 0 heterocycles. The Balaban J connectivity index is 2.10. The molecular formula is C15H10N4O. The van der Waals surface area contributed by atoms with Gasteiger partial charge >= 0.3 is 0 Å². The molecule has 1 N–H and O–H groups in total. The summed E-state index contributed by atoms with van der Waals surface area (Å²) in [5.74, 6) is 2.26. The number of rotatable bonds is 3. The van der Waals surface area contributed by atoms with Gasteiger partial charge in [-0.15, -0.1) is 6.42 Å². The molecule has 0 saturated carbocycles. The van der Waals surface area contributed by atoms with Crippen molar-refractivity contribution >= 4 is 17.3 Å². The number of carbonyl (C=O) groups is 1. The van der Waals surface area contributed by atoms with Crippen molar-refractivity contribution in [1.82, 2.24) is 0 Å². The van der Waals surface area contributed by atoms with E-state index in [2.05, 4.69) is 21.3 Å². The van der Waals surface area contributed by atoms with E-state index in [9.17, 15) is 4.79 Å². The summed E-state index contributed by atoms with van der Waals surface area (Å²) in [7, 11) is 0. The van der Waals surface area contributed by atoms with Gasteiger partial charge in [0, 0.05) is 27.4 Å². The third kappa shape index (κ3) is 3.16. The molecule has 0 unspecified atom stereocenters. The topological polar surface area (TPSA) is 77.9 Å². The molecule has 0 aliphatic rings. The van der Waals surface area contributed by atoms with E-state index in [-0.39, 0.29) is 5.91 Å². The normalized spacial score (nSPS) is 9.15. The van der Waals surface area contributed by atoms with E-state index in [1.807, 2.05) is 0 Å².